The number of fused-ring (bicyclic) bond motifs is 1. The summed E-state index contributed by atoms with van der Waals surface area (Å²) in [5.74, 6) is 2.88. The minimum Gasteiger partial charge on any atom is -0.497 e. The molecule has 0 saturated carbocycles. The summed E-state index contributed by atoms with van der Waals surface area (Å²) in [5.41, 5.74) is 4.64. The molecule has 0 aliphatic heterocycles. The molecule has 0 radical (unpaired) electrons. The summed E-state index contributed by atoms with van der Waals surface area (Å²) in [5, 5.41) is 0. The number of aryl methyl sites for hydroxylation is 2. The standard InChI is InChI=1S/C25H26N2O2/c1-19-7-5-8-22(17-19)29-16-6-15-27-24-10-4-3-9-23(24)26-25(27)18-20-11-13-21(28-2)14-12-20/h3-5,7-14,17H,6,15-16,18H2,1-2H3. The van der Waals surface area contributed by atoms with Crippen LogP contribution in [0.1, 0.15) is 23.4 Å². The van der Waals surface area contributed by atoms with Crippen molar-refractivity contribution < 1.29 is 9.47 Å². The summed E-state index contributed by atoms with van der Waals surface area (Å²) in [6.45, 7) is 3.63. The molecule has 0 fully saturated rings. The fourth-order valence-corrected chi connectivity index (χ4v) is 3.55. The van der Waals surface area contributed by atoms with Crippen LogP contribution in [0, 0.1) is 6.92 Å². The van der Waals surface area contributed by atoms with Crippen LogP contribution in [0.2, 0.25) is 0 Å². The van der Waals surface area contributed by atoms with Crippen LogP contribution in [0.25, 0.3) is 11.0 Å². The van der Waals surface area contributed by atoms with Crippen molar-refractivity contribution in [1.29, 1.82) is 0 Å². The van der Waals surface area contributed by atoms with Crippen molar-refractivity contribution in [3.63, 3.8) is 0 Å². The van der Waals surface area contributed by atoms with E-state index in [0.29, 0.717) is 6.61 Å². The van der Waals surface area contributed by atoms with Crippen LogP contribution in [-0.2, 0) is 13.0 Å². The lowest BCUT2D eigenvalue weighted by Crippen LogP contribution is -2.08. The minimum atomic E-state index is 0.679. The zero-order valence-corrected chi connectivity index (χ0v) is 17.0. The Morgan fingerprint density at radius 2 is 1.72 bits per heavy atom. The van der Waals surface area contributed by atoms with Gasteiger partial charge in [0, 0.05) is 13.0 Å². The summed E-state index contributed by atoms with van der Waals surface area (Å²) in [6, 6.07) is 24.7. The summed E-state index contributed by atoms with van der Waals surface area (Å²) < 4.78 is 13.5. The van der Waals surface area contributed by atoms with E-state index >= 15 is 0 Å². The number of hydrogen-bond acceptors (Lipinski definition) is 3. The van der Waals surface area contributed by atoms with Gasteiger partial charge >= 0.3 is 0 Å². The third kappa shape index (κ3) is 4.60. The SMILES string of the molecule is COc1ccc(Cc2nc3ccccc3n2CCCOc2cccc(C)c2)cc1. The number of nitrogens with zero attached hydrogens (tertiary/aromatic N) is 2. The van der Waals surface area contributed by atoms with E-state index in [9.17, 15) is 0 Å². The normalized spacial score (nSPS) is 11.0. The highest BCUT2D eigenvalue weighted by atomic mass is 16.5. The van der Waals surface area contributed by atoms with E-state index in [1.807, 2.05) is 30.3 Å². The molecule has 148 valence electrons. The van der Waals surface area contributed by atoms with E-state index in [0.717, 1.165) is 42.2 Å². The first kappa shape index (κ1) is 19.1. The van der Waals surface area contributed by atoms with E-state index in [1.165, 1.54) is 16.6 Å². The van der Waals surface area contributed by atoms with Crippen molar-refractivity contribution in [2.24, 2.45) is 0 Å². The zero-order chi connectivity index (χ0) is 20.1. The van der Waals surface area contributed by atoms with Gasteiger partial charge in [-0.25, -0.2) is 4.98 Å². The van der Waals surface area contributed by atoms with Crippen molar-refractivity contribution in [3.05, 3.63) is 89.7 Å². The van der Waals surface area contributed by atoms with E-state index < -0.39 is 0 Å². The van der Waals surface area contributed by atoms with Gasteiger partial charge in [0.25, 0.3) is 0 Å². The molecule has 0 N–H and O–H groups in total. The van der Waals surface area contributed by atoms with Gasteiger partial charge in [-0.2, -0.15) is 0 Å². The lowest BCUT2D eigenvalue weighted by atomic mass is 10.1. The summed E-state index contributed by atoms with van der Waals surface area (Å²) >= 11 is 0. The van der Waals surface area contributed by atoms with E-state index in [4.69, 9.17) is 14.5 Å². The molecule has 0 aliphatic carbocycles. The highest BCUT2D eigenvalue weighted by Crippen LogP contribution is 2.21. The largest absolute Gasteiger partial charge is 0.497 e. The zero-order valence-electron chi connectivity index (χ0n) is 17.0. The fraction of sp³-hybridized carbons (Fsp3) is 0.240. The Labute approximate surface area is 171 Å². The molecular formula is C25H26N2O2. The Morgan fingerprint density at radius 3 is 2.52 bits per heavy atom. The lowest BCUT2D eigenvalue weighted by molar-refractivity contribution is 0.301. The Hall–Kier alpha value is -3.27. The van der Waals surface area contributed by atoms with Crippen LogP contribution >= 0.6 is 0 Å². The Balaban J connectivity index is 1.48. The molecule has 0 spiro atoms. The number of para-hydroxylation sites is 2. The van der Waals surface area contributed by atoms with Gasteiger partial charge in [-0.3, -0.25) is 0 Å². The average Bonchev–Trinajstić information content (AvgIpc) is 3.09. The number of benzene rings is 3. The quantitative estimate of drug-likeness (QED) is 0.380. The van der Waals surface area contributed by atoms with Crippen LogP contribution in [0.4, 0.5) is 0 Å². The molecule has 0 amide bonds. The summed E-state index contributed by atoms with van der Waals surface area (Å²) in [6.07, 6.45) is 1.71. The number of ether oxygens (including phenoxy) is 2. The van der Waals surface area contributed by atoms with Crippen LogP contribution in [-0.4, -0.2) is 23.3 Å². The van der Waals surface area contributed by atoms with Gasteiger partial charge in [-0.15, -0.1) is 0 Å². The predicted molar refractivity (Wildman–Crippen MR) is 117 cm³/mol. The fourth-order valence-electron chi connectivity index (χ4n) is 3.55. The van der Waals surface area contributed by atoms with Crippen LogP contribution < -0.4 is 9.47 Å². The molecule has 4 heteroatoms. The smallest absolute Gasteiger partial charge is 0.119 e. The predicted octanol–water partition coefficient (Wildman–Crippen LogP) is 5.41. The van der Waals surface area contributed by atoms with Crippen molar-refractivity contribution >= 4 is 11.0 Å². The first-order valence-electron chi connectivity index (χ1n) is 9.99. The molecule has 3 aromatic carbocycles. The molecule has 0 bridgehead atoms. The van der Waals surface area contributed by atoms with Crippen molar-refractivity contribution in [3.8, 4) is 11.5 Å². The minimum absolute atomic E-state index is 0.679. The summed E-state index contributed by atoms with van der Waals surface area (Å²) in [7, 11) is 1.69. The van der Waals surface area contributed by atoms with Gasteiger partial charge in [-0.1, -0.05) is 36.4 Å². The number of aromatic nitrogens is 2. The van der Waals surface area contributed by atoms with Gasteiger partial charge in [0.05, 0.1) is 24.8 Å². The maximum atomic E-state index is 5.93. The second kappa shape index (κ2) is 8.82. The van der Waals surface area contributed by atoms with E-state index in [2.05, 4.69) is 54.0 Å². The molecule has 4 nitrogen and oxygen atoms in total. The molecule has 0 saturated heterocycles. The first-order valence-corrected chi connectivity index (χ1v) is 9.99. The third-order valence-electron chi connectivity index (χ3n) is 5.04. The van der Waals surface area contributed by atoms with Gasteiger partial charge < -0.3 is 14.0 Å². The molecule has 1 aromatic heterocycles. The lowest BCUT2D eigenvalue weighted by Gasteiger charge is -2.11. The Morgan fingerprint density at radius 1 is 0.897 bits per heavy atom. The molecule has 0 aliphatic rings. The topological polar surface area (TPSA) is 36.3 Å². The number of rotatable bonds is 8. The van der Waals surface area contributed by atoms with Crippen LogP contribution in [0.5, 0.6) is 11.5 Å². The van der Waals surface area contributed by atoms with Gasteiger partial charge in [0.1, 0.15) is 17.3 Å². The third-order valence-corrected chi connectivity index (χ3v) is 5.04. The second-order valence-corrected chi connectivity index (χ2v) is 7.21. The number of methoxy groups -OCH3 is 1. The van der Waals surface area contributed by atoms with Crippen LogP contribution in [0.3, 0.4) is 0 Å². The molecule has 0 unspecified atom stereocenters. The molecule has 0 atom stereocenters. The monoisotopic (exact) mass is 386 g/mol. The van der Waals surface area contributed by atoms with Crippen molar-refractivity contribution in [2.75, 3.05) is 13.7 Å². The molecule has 1 heterocycles. The van der Waals surface area contributed by atoms with Crippen LogP contribution in [0.15, 0.2) is 72.8 Å². The first-order chi connectivity index (χ1) is 14.2. The Kier molecular flexibility index (Phi) is 5.80. The second-order valence-electron chi connectivity index (χ2n) is 7.21. The highest BCUT2D eigenvalue weighted by molar-refractivity contribution is 5.76. The molecule has 4 aromatic rings. The van der Waals surface area contributed by atoms with Gasteiger partial charge in [0.2, 0.25) is 0 Å². The van der Waals surface area contributed by atoms with E-state index in [-0.39, 0.29) is 0 Å². The Bertz CT molecular complexity index is 1080. The molecule has 4 rings (SSSR count). The molecular weight excluding hydrogens is 360 g/mol. The van der Waals surface area contributed by atoms with Gasteiger partial charge in [-0.05, 0) is 60.9 Å². The average molecular weight is 386 g/mol. The van der Waals surface area contributed by atoms with Crippen molar-refractivity contribution in [2.45, 2.75) is 26.3 Å². The maximum Gasteiger partial charge on any atom is 0.119 e. The summed E-state index contributed by atoms with van der Waals surface area (Å²) in [4.78, 5) is 4.89. The molecule has 29 heavy (non-hydrogen) atoms. The number of hydrogen-bond donors (Lipinski definition) is 0. The number of imidazole rings is 1. The highest BCUT2D eigenvalue weighted by Gasteiger charge is 2.11. The van der Waals surface area contributed by atoms with Gasteiger partial charge in [0.15, 0.2) is 0 Å². The van der Waals surface area contributed by atoms with E-state index in [1.54, 1.807) is 7.11 Å². The maximum absolute atomic E-state index is 5.93. The van der Waals surface area contributed by atoms with Crippen molar-refractivity contribution in [1.82, 2.24) is 9.55 Å².